The summed E-state index contributed by atoms with van der Waals surface area (Å²) in [6.07, 6.45) is 2.46. The molecule has 0 spiro atoms. The van der Waals surface area contributed by atoms with Gasteiger partial charge < -0.3 is 20.1 Å². The molecule has 1 fully saturated rings. The SMILES string of the molecule is c1cc2c(cc1N[C@@H]1CCCNC1)OCO2. The van der Waals surface area contributed by atoms with Crippen LogP contribution in [0.2, 0.25) is 0 Å². The third-order valence-electron chi connectivity index (χ3n) is 3.04. The second-order valence-electron chi connectivity index (χ2n) is 4.26. The highest BCUT2D eigenvalue weighted by Crippen LogP contribution is 2.34. The van der Waals surface area contributed by atoms with Crippen LogP contribution in [0.4, 0.5) is 5.69 Å². The molecule has 1 aromatic rings. The maximum Gasteiger partial charge on any atom is 0.231 e. The smallest absolute Gasteiger partial charge is 0.231 e. The monoisotopic (exact) mass is 220 g/mol. The lowest BCUT2D eigenvalue weighted by atomic mass is 10.1. The lowest BCUT2D eigenvalue weighted by Gasteiger charge is -2.24. The Balaban J connectivity index is 1.69. The number of hydrogen-bond donors (Lipinski definition) is 2. The number of benzene rings is 1. The standard InChI is InChI=1S/C12H16N2O2/c1-2-10(7-13-5-1)14-9-3-4-11-12(6-9)16-8-15-11/h3-4,6,10,13-14H,1-2,5,7-8H2/t10-/m1/s1. The average molecular weight is 220 g/mol. The molecular formula is C12H16N2O2. The molecule has 0 aromatic heterocycles. The quantitative estimate of drug-likeness (QED) is 0.794. The average Bonchev–Trinajstić information content (AvgIpc) is 2.77. The van der Waals surface area contributed by atoms with Gasteiger partial charge in [-0.1, -0.05) is 0 Å². The van der Waals surface area contributed by atoms with Crippen LogP contribution in [0.25, 0.3) is 0 Å². The summed E-state index contributed by atoms with van der Waals surface area (Å²) in [5.41, 5.74) is 1.11. The number of rotatable bonds is 2. The van der Waals surface area contributed by atoms with E-state index < -0.39 is 0 Å². The molecular weight excluding hydrogens is 204 g/mol. The molecule has 2 N–H and O–H groups in total. The van der Waals surface area contributed by atoms with E-state index in [0.29, 0.717) is 12.8 Å². The van der Waals surface area contributed by atoms with E-state index in [9.17, 15) is 0 Å². The molecule has 4 heteroatoms. The molecule has 0 unspecified atom stereocenters. The zero-order valence-electron chi connectivity index (χ0n) is 9.16. The fraction of sp³-hybridized carbons (Fsp3) is 0.500. The van der Waals surface area contributed by atoms with Gasteiger partial charge in [-0.05, 0) is 31.5 Å². The molecule has 1 atom stereocenters. The van der Waals surface area contributed by atoms with Crippen LogP contribution < -0.4 is 20.1 Å². The maximum atomic E-state index is 5.35. The summed E-state index contributed by atoms with van der Waals surface area (Å²) >= 11 is 0. The normalized spacial score (nSPS) is 23.1. The number of nitrogens with one attached hydrogen (secondary N) is 2. The molecule has 0 radical (unpaired) electrons. The molecule has 0 amide bonds. The maximum absolute atomic E-state index is 5.35. The Morgan fingerprint density at radius 3 is 3.06 bits per heavy atom. The highest BCUT2D eigenvalue weighted by molar-refractivity contribution is 5.56. The van der Waals surface area contributed by atoms with Gasteiger partial charge in [0.1, 0.15) is 0 Å². The number of anilines is 1. The number of ether oxygens (including phenoxy) is 2. The molecule has 4 nitrogen and oxygen atoms in total. The molecule has 0 aliphatic carbocycles. The number of fused-ring (bicyclic) bond motifs is 1. The summed E-state index contributed by atoms with van der Waals surface area (Å²) in [5, 5.41) is 6.90. The third-order valence-corrected chi connectivity index (χ3v) is 3.04. The number of hydrogen-bond acceptors (Lipinski definition) is 4. The molecule has 2 heterocycles. The van der Waals surface area contributed by atoms with E-state index in [4.69, 9.17) is 9.47 Å². The summed E-state index contributed by atoms with van der Waals surface area (Å²) in [7, 11) is 0. The molecule has 2 aliphatic rings. The van der Waals surface area contributed by atoms with E-state index in [2.05, 4.69) is 10.6 Å². The van der Waals surface area contributed by atoms with Crippen LogP contribution in [-0.4, -0.2) is 25.9 Å². The van der Waals surface area contributed by atoms with Gasteiger partial charge in [0, 0.05) is 24.3 Å². The first kappa shape index (κ1) is 9.78. The summed E-state index contributed by atoms with van der Waals surface area (Å²) in [5.74, 6) is 1.68. The van der Waals surface area contributed by atoms with E-state index >= 15 is 0 Å². The van der Waals surface area contributed by atoms with Crippen LogP contribution in [0.3, 0.4) is 0 Å². The van der Waals surface area contributed by atoms with Gasteiger partial charge in [-0.15, -0.1) is 0 Å². The van der Waals surface area contributed by atoms with E-state index in [1.54, 1.807) is 0 Å². The molecule has 86 valence electrons. The van der Waals surface area contributed by atoms with Crippen LogP contribution in [0.15, 0.2) is 18.2 Å². The summed E-state index contributed by atoms with van der Waals surface area (Å²) in [6.45, 7) is 2.51. The summed E-state index contributed by atoms with van der Waals surface area (Å²) in [6, 6.07) is 6.54. The first-order valence-corrected chi connectivity index (χ1v) is 5.79. The summed E-state index contributed by atoms with van der Waals surface area (Å²) in [4.78, 5) is 0. The van der Waals surface area contributed by atoms with Crippen molar-refractivity contribution in [1.82, 2.24) is 5.32 Å². The highest BCUT2D eigenvalue weighted by atomic mass is 16.7. The summed E-state index contributed by atoms with van der Waals surface area (Å²) < 4.78 is 10.6. The highest BCUT2D eigenvalue weighted by Gasteiger charge is 2.16. The molecule has 0 saturated carbocycles. The fourth-order valence-electron chi connectivity index (χ4n) is 2.20. The zero-order chi connectivity index (χ0) is 10.8. The van der Waals surface area contributed by atoms with Gasteiger partial charge in [-0.3, -0.25) is 0 Å². The Morgan fingerprint density at radius 1 is 1.25 bits per heavy atom. The van der Waals surface area contributed by atoms with Gasteiger partial charge in [0.25, 0.3) is 0 Å². The third kappa shape index (κ3) is 1.93. The predicted octanol–water partition coefficient (Wildman–Crippen LogP) is 1.58. The lowest BCUT2D eigenvalue weighted by molar-refractivity contribution is 0.174. The molecule has 3 rings (SSSR count). The van der Waals surface area contributed by atoms with Gasteiger partial charge >= 0.3 is 0 Å². The predicted molar refractivity (Wildman–Crippen MR) is 62.1 cm³/mol. The minimum atomic E-state index is 0.337. The van der Waals surface area contributed by atoms with Gasteiger partial charge in [0.05, 0.1) is 0 Å². The second kappa shape index (κ2) is 4.22. The topological polar surface area (TPSA) is 42.5 Å². The Morgan fingerprint density at radius 2 is 2.19 bits per heavy atom. The van der Waals surface area contributed by atoms with Crippen LogP contribution in [0.1, 0.15) is 12.8 Å². The Bertz CT molecular complexity index is 375. The second-order valence-corrected chi connectivity index (χ2v) is 4.26. The van der Waals surface area contributed by atoms with Gasteiger partial charge in [-0.25, -0.2) is 0 Å². The number of piperidine rings is 1. The van der Waals surface area contributed by atoms with Crippen LogP contribution in [-0.2, 0) is 0 Å². The van der Waals surface area contributed by atoms with Crippen molar-refractivity contribution in [1.29, 1.82) is 0 Å². The van der Waals surface area contributed by atoms with E-state index in [0.717, 1.165) is 30.3 Å². The van der Waals surface area contributed by atoms with Crippen molar-refractivity contribution >= 4 is 5.69 Å². The van der Waals surface area contributed by atoms with Crippen molar-refractivity contribution in [2.75, 3.05) is 25.2 Å². The first-order valence-electron chi connectivity index (χ1n) is 5.79. The van der Waals surface area contributed by atoms with Crippen LogP contribution >= 0.6 is 0 Å². The van der Waals surface area contributed by atoms with Crippen LogP contribution in [0.5, 0.6) is 11.5 Å². The molecule has 1 saturated heterocycles. The Hall–Kier alpha value is -1.42. The Kier molecular flexibility index (Phi) is 2.58. The van der Waals surface area contributed by atoms with Crippen molar-refractivity contribution in [2.24, 2.45) is 0 Å². The van der Waals surface area contributed by atoms with Crippen molar-refractivity contribution in [2.45, 2.75) is 18.9 Å². The molecule has 0 bridgehead atoms. The van der Waals surface area contributed by atoms with Crippen molar-refractivity contribution in [3.8, 4) is 11.5 Å². The van der Waals surface area contributed by atoms with E-state index in [1.807, 2.05) is 18.2 Å². The Labute approximate surface area is 94.9 Å². The van der Waals surface area contributed by atoms with Crippen molar-refractivity contribution in [3.05, 3.63) is 18.2 Å². The van der Waals surface area contributed by atoms with E-state index in [-0.39, 0.29) is 0 Å². The fourth-order valence-corrected chi connectivity index (χ4v) is 2.20. The minimum Gasteiger partial charge on any atom is -0.454 e. The molecule has 2 aliphatic heterocycles. The van der Waals surface area contributed by atoms with Crippen LogP contribution in [0, 0.1) is 0 Å². The van der Waals surface area contributed by atoms with Crippen molar-refractivity contribution in [3.63, 3.8) is 0 Å². The minimum absolute atomic E-state index is 0.337. The van der Waals surface area contributed by atoms with Gasteiger partial charge in [0.15, 0.2) is 11.5 Å². The van der Waals surface area contributed by atoms with Crippen molar-refractivity contribution < 1.29 is 9.47 Å². The molecule has 16 heavy (non-hydrogen) atoms. The lowest BCUT2D eigenvalue weighted by Crippen LogP contribution is -2.38. The zero-order valence-corrected chi connectivity index (χ0v) is 9.16. The first-order chi connectivity index (χ1) is 7.92. The molecule has 1 aromatic carbocycles. The van der Waals surface area contributed by atoms with Gasteiger partial charge in [-0.2, -0.15) is 0 Å². The van der Waals surface area contributed by atoms with E-state index in [1.165, 1.54) is 12.8 Å². The van der Waals surface area contributed by atoms with Gasteiger partial charge in [0.2, 0.25) is 6.79 Å². The largest absolute Gasteiger partial charge is 0.454 e.